The number of hydrogen-bond acceptors (Lipinski definition) is 0. The molecule has 1 nitrogen and oxygen atoms in total. The highest BCUT2D eigenvalue weighted by molar-refractivity contribution is 5.83. The molecule has 15 heavy (non-hydrogen) atoms. The van der Waals surface area contributed by atoms with Crippen LogP contribution >= 0.6 is 0 Å². The third-order valence-electron chi connectivity index (χ3n) is 3.47. The van der Waals surface area contributed by atoms with Gasteiger partial charge in [-0.25, -0.2) is 4.39 Å². The fraction of sp³-hybridized carbons (Fsp3) is 0.385. The highest BCUT2D eigenvalue weighted by Crippen LogP contribution is 2.32. The van der Waals surface area contributed by atoms with Crippen LogP contribution in [-0.4, -0.2) is 4.98 Å². The fourth-order valence-electron chi connectivity index (χ4n) is 2.38. The van der Waals surface area contributed by atoms with Gasteiger partial charge >= 0.3 is 0 Å². The van der Waals surface area contributed by atoms with Gasteiger partial charge in [-0.2, -0.15) is 0 Å². The van der Waals surface area contributed by atoms with E-state index in [9.17, 15) is 4.39 Å². The van der Waals surface area contributed by atoms with Gasteiger partial charge in [0.2, 0.25) is 0 Å². The van der Waals surface area contributed by atoms with E-state index in [4.69, 9.17) is 0 Å². The molecule has 78 valence electrons. The van der Waals surface area contributed by atoms with E-state index in [0.29, 0.717) is 0 Å². The van der Waals surface area contributed by atoms with Crippen molar-refractivity contribution in [2.75, 3.05) is 0 Å². The molecule has 0 spiro atoms. The number of H-pyrrole nitrogens is 1. The number of nitrogens with one attached hydrogen (secondary N) is 1. The van der Waals surface area contributed by atoms with Gasteiger partial charge in [0.05, 0.1) is 0 Å². The minimum Gasteiger partial charge on any atom is -0.361 e. The molecule has 0 amide bonds. The molecule has 0 atom stereocenters. The molecule has 0 saturated heterocycles. The molecule has 1 saturated carbocycles. The smallest absolute Gasteiger partial charge is 0.132 e. The third-order valence-corrected chi connectivity index (χ3v) is 3.47. The van der Waals surface area contributed by atoms with E-state index in [-0.39, 0.29) is 5.82 Å². The number of rotatable bonds is 2. The predicted molar refractivity (Wildman–Crippen MR) is 59.3 cm³/mol. The van der Waals surface area contributed by atoms with Gasteiger partial charge < -0.3 is 4.98 Å². The lowest BCUT2D eigenvalue weighted by atomic mass is 9.81. The molecular weight excluding hydrogens is 189 g/mol. The zero-order valence-corrected chi connectivity index (χ0v) is 8.59. The number of aromatic amines is 1. The molecule has 1 aliphatic rings. The maximum atomic E-state index is 13.6. The zero-order valence-electron chi connectivity index (χ0n) is 8.59. The van der Waals surface area contributed by atoms with Crippen LogP contribution in [0.4, 0.5) is 4.39 Å². The lowest BCUT2D eigenvalue weighted by molar-refractivity contribution is 0.315. The second-order valence-corrected chi connectivity index (χ2v) is 4.48. The Hall–Kier alpha value is -1.31. The molecule has 1 N–H and O–H groups in total. The summed E-state index contributed by atoms with van der Waals surface area (Å²) < 4.78 is 13.6. The number of hydrogen-bond donors (Lipinski definition) is 1. The van der Waals surface area contributed by atoms with E-state index in [1.54, 1.807) is 12.1 Å². The topological polar surface area (TPSA) is 15.8 Å². The van der Waals surface area contributed by atoms with Crippen molar-refractivity contribution in [1.29, 1.82) is 0 Å². The molecule has 0 aliphatic heterocycles. The molecule has 0 unspecified atom stereocenters. The normalized spacial score (nSPS) is 16.9. The molecule has 1 heterocycles. The number of benzene rings is 1. The molecule has 2 heteroatoms. The van der Waals surface area contributed by atoms with Crippen LogP contribution in [0.15, 0.2) is 24.4 Å². The van der Waals surface area contributed by atoms with Gasteiger partial charge in [-0.05, 0) is 30.0 Å². The Morgan fingerprint density at radius 3 is 2.93 bits per heavy atom. The first-order valence-electron chi connectivity index (χ1n) is 5.59. The van der Waals surface area contributed by atoms with Crippen LogP contribution in [0.5, 0.6) is 0 Å². The van der Waals surface area contributed by atoms with Crippen LogP contribution in [0.1, 0.15) is 24.8 Å². The van der Waals surface area contributed by atoms with Gasteiger partial charge in [0.25, 0.3) is 0 Å². The maximum absolute atomic E-state index is 13.6. The van der Waals surface area contributed by atoms with Gasteiger partial charge in [0.1, 0.15) is 5.82 Å². The SMILES string of the molecule is Fc1cccc2[nH]cc(CC3CCC3)c12. The summed E-state index contributed by atoms with van der Waals surface area (Å²) in [6.45, 7) is 0. The fourth-order valence-corrected chi connectivity index (χ4v) is 2.38. The average Bonchev–Trinajstić information content (AvgIpc) is 2.56. The van der Waals surface area contributed by atoms with E-state index in [0.717, 1.165) is 28.8 Å². The van der Waals surface area contributed by atoms with Gasteiger partial charge in [-0.15, -0.1) is 0 Å². The Kier molecular flexibility index (Phi) is 2.01. The van der Waals surface area contributed by atoms with Crippen LogP contribution < -0.4 is 0 Å². The first-order chi connectivity index (χ1) is 7.34. The van der Waals surface area contributed by atoms with Crippen molar-refractivity contribution in [3.05, 3.63) is 35.8 Å². The Bertz CT molecular complexity index is 482. The number of aromatic nitrogens is 1. The summed E-state index contributed by atoms with van der Waals surface area (Å²) in [6.07, 6.45) is 6.95. The van der Waals surface area contributed by atoms with E-state index in [1.165, 1.54) is 19.3 Å². The largest absolute Gasteiger partial charge is 0.361 e. The summed E-state index contributed by atoms with van der Waals surface area (Å²) in [4.78, 5) is 3.14. The standard InChI is InChI=1S/C13H14FN/c14-11-5-2-6-12-13(11)10(8-15-12)7-9-3-1-4-9/h2,5-6,8-9,15H,1,3-4,7H2. The molecule has 0 radical (unpaired) electrons. The van der Waals surface area contributed by atoms with Gasteiger partial charge in [0.15, 0.2) is 0 Å². The van der Waals surface area contributed by atoms with Gasteiger partial charge in [-0.1, -0.05) is 25.3 Å². The second kappa shape index (κ2) is 3.37. The molecule has 1 aliphatic carbocycles. The Morgan fingerprint density at radius 2 is 2.20 bits per heavy atom. The van der Waals surface area contributed by atoms with Crippen molar-refractivity contribution in [2.45, 2.75) is 25.7 Å². The zero-order chi connectivity index (χ0) is 10.3. The second-order valence-electron chi connectivity index (χ2n) is 4.48. The third kappa shape index (κ3) is 1.44. The predicted octanol–water partition coefficient (Wildman–Crippen LogP) is 3.65. The quantitative estimate of drug-likeness (QED) is 0.766. The van der Waals surface area contributed by atoms with E-state index in [1.807, 2.05) is 12.3 Å². The monoisotopic (exact) mass is 203 g/mol. The molecule has 2 aromatic rings. The summed E-state index contributed by atoms with van der Waals surface area (Å²) in [5.41, 5.74) is 2.07. The minimum atomic E-state index is -0.0944. The van der Waals surface area contributed by atoms with Gasteiger partial charge in [0, 0.05) is 17.1 Å². The van der Waals surface area contributed by atoms with Crippen LogP contribution in [0, 0.1) is 11.7 Å². The lowest BCUT2D eigenvalue weighted by Crippen LogP contribution is -2.13. The molecule has 1 aromatic carbocycles. The minimum absolute atomic E-state index is 0.0944. The van der Waals surface area contributed by atoms with Crippen molar-refractivity contribution < 1.29 is 4.39 Å². The van der Waals surface area contributed by atoms with Crippen molar-refractivity contribution in [2.24, 2.45) is 5.92 Å². The van der Waals surface area contributed by atoms with Gasteiger partial charge in [-0.3, -0.25) is 0 Å². The van der Waals surface area contributed by atoms with Crippen LogP contribution in [0.3, 0.4) is 0 Å². The van der Waals surface area contributed by atoms with Crippen LogP contribution in [0.2, 0.25) is 0 Å². The molecule has 3 rings (SSSR count). The highest BCUT2D eigenvalue weighted by Gasteiger charge is 2.20. The molecule has 0 bridgehead atoms. The van der Waals surface area contributed by atoms with Crippen molar-refractivity contribution in [3.8, 4) is 0 Å². The first-order valence-corrected chi connectivity index (χ1v) is 5.59. The lowest BCUT2D eigenvalue weighted by Gasteiger charge is -2.24. The average molecular weight is 203 g/mol. The maximum Gasteiger partial charge on any atom is 0.132 e. The highest BCUT2D eigenvalue weighted by atomic mass is 19.1. The summed E-state index contributed by atoms with van der Waals surface area (Å²) in [7, 11) is 0. The first kappa shape index (κ1) is 8.96. The van der Waals surface area contributed by atoms with Crippen molar-refractivity contribution >= 4 is 10.9 Å². The molecular formula is C13H14FN. The van der Waals surface area contributed by atoms with Crippen LogP contribution in [-0.2, 0) is 6.42 Å². The molecule has 1 fully saturated rings. The van der Waals surface area contributed by atoms with E-state index >= 15 is 0 Å². The summed E-state index contributed by atoms with van der Waals surface area (Å²) >= 11 is 0. The Balaban J connectivity index is 2.02. The summed E-state index contributed by atoms with van der Waals surface area (Å²) in [6, 6.07) is 5.23. The van der Waals surface area contributed by atoms with E-state index < -0.39 is 0 Å². The number of halogens is 1. The van der Waals surface area contributed by atoms with E-state index in [2.05, 4.69) is 4.98 Å². The Morgan fingerprint density at radius 1 is 1.33 bits per heavy atom. The summed E-state index contributed by atoms with van der Waals surface area (Å²) in [5, 5.41) is 0.796. The van der Waals surface area contributed by atoms with Crippen molar-refractivity contribution in [1.82, 2.24) is 4.98 Å². The van der Waals surface area contributed by atoms with Crippen molar-refractivity contribution in [3.63, 3.8) is 0 Å². The molecule has 1 aromatic heterocycles. The van der Waals surface area contributed by atoms with Crippen LogP contribution in [0.25, 0.3) is 10.9 Å². The Labute approximate surface area is 88.3 Å². The summed E-state index contributed by atoms with van der Waals surface area (Å²) in [5.74, 6) is 0.687. The number of fused-ring (bicyclic) bond motifs is 1.